The topological polar surface area (TPSA) is 343 Å². The summed E-state index contributed by atoms with van der Waals surface area (Å²) in [4.78, 5) is 53.4. The van der Waals surface area contributed by atoms with E-state index in [1.807, 2.05) is 0 Å². The van der Waals surface area contributed by atoms with Gasteiger partial charge in [-0.15, -0.1) is 0 Å². The van der Waals surface area contributed by atoms with E-state index in [9.17, 15) is 65.1 Å². The second-order valence-corrected chi connectivity index (χ2v) is 17.1. The van der Waals surface area contributed by atoms with E-state index < -0.39 is 154 Å². The van der Waals surface area contributed by atoms with Gasteiger partial charge in [-0.3, -0.25) is 9.59 Å². The van der Waals surface area contributed by atoms with E-state index in [2.05, 4.69) is 0 Å². The van der Waals surface area contributed by atoms with E-state index in [1.54, 1.807) is 27.7 Å². The molecule has 23 nitrogen and oxygen atoms in total. The van der Waals surface area contributed by atoms with Crippen LogP contribution in [0.15, 0.2) is 47.0 Å². The van der Waals surface area contributed by atoms with Crippen LogP contribution in [0.1, 0.15) is 47.0 Å². The van der Waals surface area contributed by atoms with E-state index in [4.69, 9.17) is 47.4 Å². The predicted octanol–water partition coefficient (Wildman–Crippen LogP) is -2.29. The number of carbonyl (C=O) groups excluding carboxylic acids is 4. The minimum atomic E-state index is -1.78. The minimum absolute atomic E-state index is 0.0696. The fraction of sp³-hybridized carbons (Fsp3) is 0.727. The zero-order valence-electron chi connectivity index (χ0n) is 38.0. The fourth-order valence-electron chi connectivity index (χ4n) is 9.19. The molecule has 19 atom stereocenters. The van der Waals surface area contributed by atoms with Crippen molar-refractivity contribution in [2.45, 2.75) is 127 Å². The van der Waals surface area contributed by atoms with Crippen LogP contribution in [0.3, 0.4) is 0 Å². The molecule has 5 aliphatic rings. The summed E-state index contributed by atoms with van der Waals surface area (Å²) in [5.41, 5.74) is 0.291. The molecular weight excluding hydrogens is 896 g/mol. The Morgan fingerprint density at radius 3 is 1.55 bits per heavy atom. The Labute approximate surface area is 386 Å². The van der Waals surface area contributed by atoms with Crippen molar-refractivity contribution in [3.63, 3.8) is 0 Å². The van der Waals surface area contributed by atoms with E-state index >= 15 is 0 Å². The molecule has 378 valence electrons. The SMILES string of the molecule is C/C=C1/[C@H](O[C@@H]2O[C@H](CO)[C@@H](O)[C@H](O)[C@H]2O)OC=C(C(=O)OC)[C@H]1CC(=O)OC[C@@H]1[C@@H](C)[C@@H](OC(=O)C[C@@H]2C(C(=O)OC)=CO[C@@H](O[C@@H]3O[C@H](CO)[C@@H](O)[C@H](O)[C@H]3O)/C2=C/C)C[C@H]1[C@H](C)CO. The van der Waals surface area contributed by atoms with Gasteiger partial charge in [0.2, 0.25) is 12.6 Å². The van der Waals surface area contributed by atoms with Crippen LogP contribution in [0.5, 0.6) is 0 Å². The summed E-state index contributed by atoms with van der Waals surface area (Å²) in [5.74, 6) is -6.83. The first-order valence-electron chi connectivity index (χ1n) is 22.0. The van der Waals surface area contributed by atoms with Crippen molar-refractivity contribution in [1.82, 2.24) is 0 Å². The maximum atomic E-state index is 13.9. The number of aliphatic hydroxyl groups is 9. The summed E-state index contributed by atoms with van der Waals surface area (Å²) in [7, 11) is 2.27. The van der Waals surface area contributed by atoms with Gasteiger partial charge in [0.25, 0.3) is 0 Å². The minimum Gasteiger partial charge on any atom is -0.468 e. The van der Waals surface area contributed by atoms with Crippen molar-refractivity contribution in [2.75, 3.05) is 40.6 Å². The summed E-state index contributed by atoms with van der Waals surface area (Å²) >= 11 is 0. The van der Waals surface area contributed by atoms with E-state index in [0.29, 0.717) is 0 Å². The molecule has 1 aliphatic carbocycles. The van der Waals surface area contributed by atoms with Gasteiger partial charge in [-0.2, -0.15) is 0 Å². The second kappa shape index (κ2) is 24.0. The Bertz CT molecular complexity index is 1840. The lowest BCUT2D eigenvalue weighted by Crippen LogP contribution is -2.60. The van der Waals surface area contributed by atoms with Crippen molar-refractivity contribution in [3.05, 3.63) is 47.0 Å². The molecule has 1 saturated carbocycles. The third kappa shape index (κ3) is 11.9. The summed E-state index contributed by atoms with van der Waals surface area (Å²) in [6.07, 6.45) is -15.2. The normalized spacial score (nSPS) is 39.3. The first kappa shape index (κ1) is 53.9. The van der Waals surface area contributed by atoms with Gasteiger partial charge in [0, 0.05) is 35.5 Å². The number of aliphatic hydroxyl groups excluding tert-OH is 9. The molecule has 23 heteroatoms. The van der Waals surface area contributed by atoms with E-state index in [0.717, 1.165) is 26.7 Å². The van der Waals surface area contributed by atoms with Crippen LogP contribution in [-0.2, 0) is 66.5 Å². The Hall–Kier alpha value is -4.08. The molecule has 0 aromatic rings. The van der Waals surface area contributed by atoms with Crippen LogP contribution >= 0.6 is 0 Å². The molecular formula is C44H64O23. The van der Waals surface area contributed by atoms with Crippen molar-refractivity contribution in [2.24, 2.45) is 35.5 Å². The molecule has 4 heterocycles. The molecule has 3 fully saturated rings. The summed E-state index contributed by atoms with van der Waals surface area (Å²) in [5, 5.41) is 91.7. The zero-order chi connectivity index (χ0) is 49.4. The largest absolute Gasteiger partial charge is 0.468 e. The van der Waals surface area contributed by atoms with Crippen LogP contribution in [0.4, 0.5) is 0 Å². The molecule has 0 aromatic carbocycles. The Morgan fingerprint density at radius 1 is 0.701 bits per heavy atom. The first-order chi connectivity index (χ1) is 31.9. The Balaban J connectivity index is 1.27. The smallest absolute Gasteiger partial charge is 0.337 e. The monoisotopic (exact) mass is 960 g/mol. The summed E-state index contributed by atoms with van der Waals surface area (Å²) in [6.45, 7) is 4.89. The first-order valence-corrected chi connectivity index (χ1v) is 22.0. The average Bonchev–Trinajstić information content (AvgIpc) is 3.63. The molecule has 0 spiro atoms. The Morgan fingerprint density at radius 2 is 1.15 bits per heavy atom. The highest BCUT2D eigenvalue weighted by Gasteiger charge is 2.50. The van der Waals surface area contributed by atoms with Crippen LogP contribution in [0.2, 0.25) is 0 Å². The Kier molecular flexibility index (Phi) is 19.3. The maximum absolute atomic E-state index is 13.9. The molecule has 0 unspecified atom stereocenters. The number of hydrogen-bond acceptors (Lipinski definition) is 23. The molecule has 0 radical (unpaired) electrons. The van der Waals surface area contributed by atoms with Crippen LogP contribution in [0.25, 0.3) is 0 Å². The van der Waals surface area contributed by atoms with E-state index in [1.165, 1.54) is 12.2 Å². The van der Waals surface area contributed by atoms with Crippen LogP contribution in [0, 0.1) is 35.5 Å². The number of rotatable bonds is 17. The third-order valence-corrected chi connectivity index (χ3v) is 13.3. The van der Waals surface area contributed by atoms with Gasteiger partial charge in [-0.1, -0.05) is 26.0 Å². The number of hydrogen-bond donors (Lipinski definition) is 9. The standard InChI is InChI=1S/C44H64O23/c1-7-20-23(26(39(56)58-5)16-61-41(20)66-43-37(54)35(52)33(50)29(13-46)64-43)10-31(48)60-15-25-19(4)28(9-22(25)18(3)12-45)63-32(49)11-24-21(8-2)42(62-17-27(24)40(57)59-6)67-44-38(55)36(53)34(51)30(14-47)65-44/h7-8,16-19,22-25,28-30,33-38,41-47,50-55H,9-15H2,1-6H3/b20-7+,21-8+/t18-,19-,22+,23+,24+,25-,28+,29-,30-,33-,34-,35+,36+,37-,38-,41+,42+,43+,44+/m1/s1. The van der Waals surface area contributed by atoms with Gasteiger partial charge in [0.1, 0.15) is 54.9 Å². The van der Waals surface area contributed by atoms with Gasteiger partial charge < -0.3 is 93.3 Å². The number of ether oxygens (including phenoxy) is 10. The lowest BCUT2D eigenvalue weighted by molar-refractivity contribution is -0.327. The molecule has 0 amide bonds. The predicted molar refractivity (Wildman–Crippen MR) is 221 cm³/mol. The van der Waals surface area contributed by atoms with Crippen LogP contribution in [-0.4, -0.2) is 191 Å². The summed E-state index contributed by atoms with van der Waals surface area (Å²) in [6, 6.07) is 0. The highest BCUT2D eigenvalue weighted by atomic mass is 16.8. The molecule has 0 bridgehead atoms. The quantitative estimate of drug-likeness (QED) is 0.0421. The number of carbonyl (C=O) groups is 4. The number of esters is 4. The van der Waals surface area contributed by atoms with Gasteiger partial charge in [-0.05, 0) is 38.0 Å². The van der Waals surface area contributed by atoms with Gasteiger partial charge >= 0.3 is 23.9 Å². The maximum Gasteiger partial charge on any atom is 0.337 e. The summed E-state index contributed by atoms with van der Waals surface area (Å²) < 4.78 is 55.7. The zero-order valence-corrected chi connectivity index (χ0v) is 38.0. The number of allylic oxidation sites excluding steroid dienone is 2. The van der Waals surface area contributed by atoms with E-state index in [-0.39, 0.29) is 53.8 Å². The van der Waals surface area contributed by atoms with Gasteiger partial charge in [0.15, 0.2) is 12.6 Å². The molecule has 4 aliphatic heterocycles. The van der Waals surface area contributed by atoms with Crippen LogP contribution < -0.4 is 0 Å². The van der Waals surface area contributed by atoms with Gasteiger partial charge in [-0.25, -0.2) is 9.59 Å². The lowest BCUT2D eigenvalue weighted by atomic mass is 9.83. The molecule has 2 saturated heterocycles. The third-order valence-electron chi connectivity index (χ3n) is 13.3. The molecule has 9 N–H and O–H groups in total. The highest BCUT2D eigenvalue weighted by Crippen LogP contribution is 2.44. The molecule has 0 aromatic heterocycles. The van der Waals surface area contributed by atoms with Gasteiger partial charge in [0.05, 0.1) is 70.6 Å². The fourth-order valence-corrected chi connectivity index (χ4v) is 9.19. The average molecular weight is 961 g/mol. The second-order valence-electron chi connectivity index (χ2n) is 17.1. The van der Waals surface area contributed by atoms with Crippen molar-refractivity contribution in [3.8, 4) is 0 Å². The number of methoxy groups -OCH3 is 2. The van der Waals surface area contributed by atoms with Crippen molar-refractivity contribution >= 4 is 23.9 Å². The lowest BCUT2D eigenvalue weighted by Gasteiger charge is -2.42. The van der Waals surface area contributed by atoms with Crippen molar-refractivity contribution in [1.29, 1.82) is 0 Å². The molecule has 5 rings (SSSR count). The molecule has 67 heavy (non-hydrogen) atoms. The highest BCUT2D eigenvalue weighted by molar-refractivity contribution is 5.91. The van der Waals surface area contributed by atoms with Crippen molar-refractivity contribution < 1.29 is 113 Å².